The Bertz CT molecular complexity index is 474. The molecule has 0 radical (unpaired) electrons. The monoisotopic (exact) mass is 241 g/mol. The van der Waals surface area contributed by atoms with Crippen LogP contribution in [0.1, 0.15) is 18.4 Å². The molecule has 1 fully saturated rings. The highest BCUT2D eigenvalue weighted by molar-refractivity contribution is 7.88. The highest BCUT2D eigenvalue weighted by Crippen LogP contribution is 2.46. The smallest absolute Gasteiger partial charge is 0.209 e. The van der Waals surface area contributed by atoms with Gasteiger partial charge in [0.25, 0.3) is 0 Å². The van der Waals surface area contributed by atoms with Gasteiger partial charge in [-0.3, -0.25) is 0 Å². The zero-order valence-electron chi connectivity index (χ0n) is 9.36. The third-order valence-electron chi connectivity index (χ3n) is 2.77. The molecular weight excluding hydrogens is 226 g/mol. The fourth-order valence-electron chi connectivity index (χ4n) is 1.84. The van der Waals surface area contributed by atoms with Crippen molar-refractivity contribution in [2.75, 3.05) is 13.4 Å². The zero-order valence-corrected chi connectivity index (χ0v) is 10.2. The highest BCUT2D eigenvalue weighted by atomic mass is 32.2. The summed E-state index contributed by atoms with van der Waals surface area (Å²) in [5.41, 5.74) is 0.624. The van der Waals surface area contributed by atoms with E-state index in [1.54, 1.807) is 7.11 Å². The molecule has 0 saturated heterocycles. The number of hydrogen-bond acceptors (Lipinski definition) is 3. The van der Waals surface area contributed by atoms with Crippen molar-refractivity contribution < 1.29 is 13.2 Å². The molecule has 0 aromatic heterocycles. The third-order valence-corrected chi connectivity index (χ3v) is 3.53. The van der Waals surface area contributed by atoms with Crippen molar-refractivity contribution in [3.63, 3.8) is 0 Å². The van der Waals surface area contributed by atoms with E-state index in [2.05, 4.69) is 4.72 Å². The third kappa shape index (κ3) is 2.36. The summed E-state index contributed by atoms with van der Waals surface area (Å²) in [5.74, 6) is 0.777. The van der Waals surface area contributed by atoms with Gasteiger partial charge in [0.1, 0.15) is 5.75 Å². The van der Waals surface area contributed by atoms with E-state index in [0.717, 1.165) is 24.2 Å². The van der Waals surface area contributed by atoms with Crippen molar-refractivity contribution in [1.29, 1.82) is 0 Å². The second-order valence-corrected chi connectivity index (χ2v) is 5.93. The lowest BCUT2D eigenvalue weighted by molar-refractivity contribution is 0.414. The molecule has 0 heterocycles. The second kappa shape index (κ2) is 3.75. The van der Waals surface area contributed by atoms with Gasteiger partial charge in [-0.1, -0.05) is 12.1 Å². The molecule has 0 unspecified atom stereocenters. The first-order valence-corrected chi connectivity index (χ1v) is 6.98. The average Bonchev–Trinajstić information content (AvgIpc) is 2.96. The van der Waals surface area contributed by atoms with Crippen LogP contribution in [0.15, 0.2) is 24.3 Å². The first-order valence-electron chi connectivity index (χ1n) is 5.09. The normalized spacial score (nSPS) is 18.1. The molecule has 0 atom stereocenters. The van der Waals surface area contributed by atoms with Gasteiger partial charge in [0.2, 0.25) is 10.0 Å². The molecule has 4 nitrogen and oxygen atoms in total. The van der Waals surface area contributed by atoms with Crippen molar-refractivity contribution in [1.82, 2.24) is 4.72 Å². The van der Waals surface area contributed by atoms with Crippen LogP contribution in [0.2, 0.25) is 0 Å². The molecule has 1 aromatic carbocycles. The Hall–Kier alpha value is -1.07. The maximum atomic E-state index is 11.2. The van der Waals surface area contributed by atoms with E-state index in [1.165, 1.54) is 6.26 Å². The molecule has 1 aromatic rings. The topological polar surface area (TPSA) is 55.4 Å². The van der Waals surface area contributed by atoms with Crippen LogP contribution in [-0.2, 0) is 15.6 Å². The van der Waals surface area contributed by atoms with Gasteiger partial charge in [0.15, 0.2) is 0 Å². The molecule has 0 aliphatic heterocycles. The summed E-state index contributed by atoms with van der Waals surface area (Å²) in [6.07, 6.45) is 2.90. The van der Waals surface area contributed by atoms with Crippen LogP contribution in [-0.4, -0.2) is 21.8 Å². The highest BCUT2D eigenvalue weighted by Gasteiger charge is 2.46. The van der Waals surface area contributed by atoms with Crippen LogP contribution in [0.25, 0.3) is 0 Å². The standard InChI is InChI=1S/C11H15NO3S/c1-15-10-5-3-9(4-6-10)11(7-8-11)12-16(2,13)14/h3-6,12H,7-8H2,1-2H3. The first-order chi connectivity index (χ1) is 7.45. The van der Waals surface area contributed by atoms with Gasteiger partial charge in [0.05, 0.1) is 18.9 Å². The van der Waals surface area contributed by atoms with Gasteiger partial charge in [-0.05, 0) is 30.5 Å². The Morgan fingerprint density at radius 3 is 2.19 bits per heavy atom. The fourth-order valence-corrected chi connectivity index (χ4v) is 2.87. The summed E-state index contributed by atoms with van der Waals surface area (Å²) in [6, 6.07) is 7.51. The van der Waals surface area contributed by atoms with Crippen LogP contribution >= 0.6 is 0 Å². The molecule has 0 amide bonds. The van der Waals surface area contributed by atoms with E-state index < -0.39 is 10.0 Å². The van der Waals surface area contributed by atoms with Gasteiger partial charge >= 0.3 is 0 Å². The van der Waals surface area contributed by atoms with Crippen molar-refractivity contribution in [2.24, 2.45) is 0 Å². The Morgan fingerprint density at radius 2 is 1.81 bits per heavy atom. The van der Waals surface area contributed by atoms with E-state index >= 15 is 0 Å². The molecule has 0 bridgehead atoms. The minimum atomic E-state index is -3.16. The summed E-state index contributed by atoms with van der Waals surface area (Å²) in [7, 11) is -1.56. The quantitative estimate of drug-likeness (QED) is 0.862. The molecule has 88 valence electrons. The average molecular weight is 241 g/mol. The Morgan fingerprint density at radius 1 is 1.25 bits per heavy atom. The number of benzene rings is 1. The number of rotatable bonds is 4. The van der Waals surface area contributed by atoms with E-state index in [9.17, 15) is 8.42 Å². The van der Waals surface area contributed by atoms with Crippen molar-refractivity contribution >= 4 is 10.0 Å². The molecule has 5 heteroatoms. The lowest BCUT2D eigenvalue weighted by Gasteiger charge is -2.16. The Kier molecular flexibility index (Phi) is 2.67. The van der Waals surface area contributed by atoms with E-state index in [4.69, 9.17) is 4.74 Å². The SMILES string of the molecule is COc1ccc(C2(NS(C)(=O)=O)CC2)cc1. The van der Waals surface area contributed by atoms with Crippen LogP contribution < -0.4 is 9.46 Å². The number of hydrogen-bond donors (Lipinski definition) is 1. The van der Waals surface area contributed by atoms with Crippen LogP contribution in [0.5, 0.6) is 5.75 Å². The summed E-state index contributed by atoms with van der Waals surface area (Å²) >= 11 is 0. The number of ether oxygens (including phenoxy) is 1. The number of sulfonamides is 1. The second-order valence-electron chi connectivity index (χ2n) is 4.18. The summed E-state index contributed by atoms with van der Waals surface area (Å²) in [6.45, 7) is 0. The summed E-state index contributed by atoms with van der Waals surface area (Å²) in [5, 5.41) is 0. The van der Waals surface area contributed by atoms with Gasteiger partial charge in [-0.15, -0.1) is 0 Å². The molecule has 1 aliphatic carbocycles. The van der Waals surface area contributed by atoms with Crippen LogP contribution in [0.3, 0.4) is 0 Å². The van der Waals surface area contributed by atoms with Crippen LogP contribution in [0, 0.1) is 0 Å². The first kappa shape index (κ1) is 11.4. The fraction of sp³-hybridized carbons (Fsp3) is 0.455. The van der Waals surface area contributed by atoms with Gasteiger partial charge < -0.3 is 4.74 Å². The molecule has 16 heavy (non-hydrogen) atoms. The molecule has 1 saturated carbocycles. The maximum Gasteiger partial charge on any atom is 0.209 e. The van der Waals surface area contributed by atoms with Gasteiger partial charge in [0, 0.05) is 0 Å². The Balaban J connectivity index is 2.23. The predicted molar refractivity (Wildman–Crippen MR) is 61.9 cm³/mol. The maximum absolute atomic E-state index is 11.2. The molecule has 1 N–H and O–H groups in total. The van der Waals surface area contributed by atoms with E-state index in [-0.39, 0.29) is 5.54 Å². The van der Waals surface area contributed by atoms with E-state index in [0.29, 0.717) is 0 Å². The van der Waals surface area contributed by atoms with E-state index in [1.807, 2.05) is 24.3 Å². The molecule has 2 rings (SSSR count). The lowest BCUT2D eigenvalue weighted by Crippen LogP contribution is -2.33. The number of nitrogens with one attached hydrogen (secondary N) is 1. The molecular formula is C11H15NO3S. The molecule has 1 aliphatic rings. The van der Waals surface area contributed by atoms with Gasteiger partial charge in [-0.25, -0.2) is 13.1 Å². The Labute approximate surface area is 95.7 Å². The van der Waals surface area contributed by atoms with Gasteiger partial charge in [-0.2, -0.15) is 0 Å². The predicted octanol–water partition coefficient (Wildman–Crippen LogP) is 1.23. The summed E-state index contributed by atoms with van der Waals surface area (Å²) in [4.78, 5) is 0. The molecule has 0 spiro atoms. The number of methoxy groups -OCH3 is 1. The van der Waals surface area contributed by atoms with Crippen molar-refractivity contribution in [2.45, 2.75) is 18.4 Å². The zero-order chi connectivity index (χ0) is 11.8. The minimum absolute atomic E-state index is 0.375. The van der Waals surface area contributed by atoms with Crippen molar-refractivity contribution in [3.05, 3.63) is 29.8 Å². The lowest BCUT2D eigenvalue weighted by atomic mass is 10.1. The van der Waals surface area contributed by atoms with Crippen LogP contribution in [0.4, 0.5) is 0 Å². The minimum Gasteiger partial charge on any atom is -0.497 e. The largest absolute Gasteiger partial charge is 0.497 e. The summed E-state index contributed by atoms with van der Waals surface area (Å²) < 4.78 is 30.3. The van der Waals surface area contributed by atoms with Crippen molar-refractivity contribution in [3.8, 4) is 5.75 Å².